The zero-order chi connectivity index (χ0) is 24.2. The van der Waals surface area contributed by atoms with Crippen LogP contribution >= 0.6 is 0 Å². The number of aliphatic hydroxyl groups is 1. The lowest BCUT2D eigenvalue weighted by atomic mass is 9.31. The number of hydrogen-bond donors (Lipinski definition) is 2. The van der Waals surface area contributed by atoms with Gasteiger partial charge in [-0.1, -0.05) is 60.1 Å². The zero-order valence-corrected chi connectivity index (χ0v) is 22.2. The van der Waals surface area contributed by atoms with E-state index in [2.05, 4.69) is 54.5 Å². The number of allylic oxidation sites excluding steroid dienone is 1. The topological polar surface area (TPSA) is 57.5 Å². The molecule has 0 saturated heterocycles. The first-order valence-electron chi connectivity index (χ1n) is 13.9. The summed E-state index contributed by atoms with van der Waals surface area (Å²) in [5.74, 6) is 1.97. The maximum absolute atomic E-state index is 12.9. The lowest BCUT2D eigenvalue weighted by Crippen LogP contribution is -2.68. The summed E-state index contributed by atoms with van der Waals surface area (Å²) in [5, 5.41) is 21.4. The molecule has 2 N–H and O–H groups in total. The number of carbonyl (C=O) groups is 1. The average molecular weight is 457 g/mol. The van der Waals surface area contributed by atoms with Crippen molar-refractivity contribution < 1.29 is 15.0 Å². The molecule has 10 atom stereocenters. The van der Waals surface area contributed by atoms with E-state index in [1.165, 1.54) is 12.0 Å². The molecular formula is C30H48O3. The molecule has 0 aliphatic heterocycles. The lowest BCUT2D eigenvalue weighted by Gasteiger charge is -2.73. The highest BCUT2D eigenvalue weighted by Crippen LogP contribution is 2.77. The molecule has 186 valence electrons. The molecule has 0 aromatic carbocycles. The number of rotatable bonds is 1. The van der Waals surface area contributed by atoms with Crippen LogP contribution in [0.25, 0.3) is 0 Å². The van der Waals surface area contributed by atoms with Crippen LogP contribution in [0.5, 0.6) is 0 Å². The highest BCUT2D eigenvalue weighted by atomic mass is 16.4. The van der Waals surface area contributed by atoms with Crippen molar-refractivity contribution in [1.82, 2.24) is 0 Å². The molecule has 5 rings (SSSR count). The third-order valence-corrected chi connectivity index (χ3v) is 13.4. The molecule has 0 heterocycles. The van der Waals surface area contributed by atoms with E-state index in [1.54, 1.807) is 0 Å². The van der Waals surface area contributed by atoms with Crippen molar-refractivity contribution in [3.63, 3.8) is 0 Å². The molecule has 5 aliphatic carbocycles. The quantitative estimate of drug-likeness (QED) is 0.414. The fourth-order valence-electron chi connectivity index (χ4n) is 10.9. The van der Waals surface area contributed by atoms with Crippen LogP contribution in [0, 0.1) is 56.7 Å². The van der Waals surface area contributed by atoms with Gasteiger partial charge >= 0.3 is 5.97 Å². The summed E-state index contributed by atoms with van der Waals surface area (Å²) in [6.07, 6.45) is 11.6. The minimum Gasteiger partial charge on any atom is -0.481 e. The molecule has 0 bridgehead atoms. The molecule has 0 aromatic rings. The number of aliphatic hydroxyl groups excluding tert-OH is 1. The SMILES string of the molecule is CC1CCC2(C(=O)O)CCC3(C)C4CC=C5C(CCC(O)C5(C)C)C4(C)CCC3(C)C2C1C. The van der Waals surface area contributed by atoms with Gasteiger partial charge < -0.3 is 10.2 Å². The van der Waals surface area contributed by atoms with Crippen LogP contribution in [0.4, 0.5) is 0 Å². The summed E-state index contributed by atoms with van der Waals surface area (Å²) in [4.78, 5) is 12.9. The monoisotopic (exact) mass is 456 g/mol. The molecule has 3 heteroatoms. The summed E-state index contributed by atoms with van der Waals surface area (Å²) in [7, 11) is 0. The molecule has 0 aromatic heterocycles. The molecule has 10 unspecified atom stereocenters. The summed E-state index contributed by atoms with van der Waals surface area (Å²) in [6, 6.07) is 0. The summed E-state index contributed by atoms with van der Waals surface area (Å²) in [5.41, 5.74) is 1.34. The second-order valence-electron chi connectivity index (χ2n) is 14.5. The highest BCUT2D eigenvalue weighted by Gasteiger charge is 2.71. The Morgan fingerprint density at radius 2 is 1.58 bits per heavy atom. The van der Waals surface area contributed by atoms with E-state index in [9.17, 15) is 15.0 Å². The van der Waals surface area contributed by atoms with Crippen LogP contribution in [0.1, 0.15) is 106 Å². The van der Waals surface area contributed by atoms with Gasteiger partial charge in [-0.25, -0.2) is 0 Å². The Labute approximate surface area is 201 Å². The molecule has 0 amide bonds. The fourth-order valence-corrected chi connectivity index (χ4v) is 10.9. The van der Waals surface area contributed by atoms with Gasteiger partial charge in [-0.3, -0.25) is 4.79 Å². The molecule has 4 fully saturated rings. The summed E-state index contributed by atoms with van der Waals surface area (Å²) < 4.78 is 0. The molecule has 0 radical (unpaired) electrons. The van der Waals surface area contributed by atoms with Crippen molar-refractivity contribution in [2.45, 2.75) is 112 Å². The fraction of sp³-hybridized carbons (Fsp3) is 0.900. The smallest absolute Gasteiger partial charge is 0.309 e. The zero-order valence-electron chi connectivity index (χ0n) is 22.2. The number of hydrogen-bond acceptors (Lipinski definition) is 2. The maximum atomic E-state index is 12.9. The van der Waals surface area contributed by atoms with Crippen LogP contribution in [-0.4, -0.2) is 22.3 Å². The van der Waals surface area contributed by atoms with Crippen molar-refractivity contribution in [3.05, 3.63) is 11.6 Å². The van der Waals surface area contributed by atoms with E-state index in [-0.39, 0.29) is 33.7 Å². The maximum Gasteiger partial charge on any atom is 0.309 e. The van der Waals surface area contributed by atoms with Crippen molar-refractivity contribution >= 4 is 5.97 Å². The van der Waals surface area contributed by atoms with Crippen LogP contribution < -0.4 is 0 Å². The van der Waals surface area contributed by atoms with Crippen LogP contribution in [0.2, 0.25) is 0 Å². The van der Waals surface area contributed by atoms with Gasteiger partial charge in [0, 0.05) is 5.41 Å². The number of carboxylic acids is 1. The van der Waals surface area contributed by atoms with Gasteiger partial charge in [0.25, 0.3) is 0 Å². The predicted octanol–water partition coefficient (Wildman–Crippen LogP) is 7.09. The second kappa shape index (κ2) is 7.11. The number of aliphatic carboxylic acids is 1. The van der Waals surface area contributed by atoms with Crippen molar-refractivity contribution in [1.29, 1.82) is 0 Å². The van der Waals surface area contributed by atoms with Crippen LogP contribution in [0.15, 0.2) is 11.6 Å². The standard InChI is InChI=1S/C30H48O3/c1-18-12-13-30(25(32)33)17-16-28(6)22-10-8-20-21(9-11-23(31)26(20,3)4)27(22,5)14-15-29(28,7)24(30)19(18)2/h8,18-19,21-24,31H,9-17H2,1-7H3,(H,32,33). The first-order chi connectivity index (χ1) is 15.3. The highest BCUT2D eigenvalue weighted by molar-refractivity contribution is 5.76. The largest absolute Gasteiger partial charge is 0.481 e. The number of carboxylic acid groups (broad SMARTS) is 1. The molecule has 4 saturated carbocycles. The van der Waals surface area contributed by atoms with E-state index in [0.717, 1.165) is 51.4 Å². The third kappa shape index (κ3) is 2.75. The lowest BCUT2D eigenvalue weighted by molar-refractivity contribution is -0.244. The Morgan fingerprint density at radius 1 is 0.909 bits per heavy atom. The van der Waals surface area contributed by atoms with Crippen LogP contribution in [0.3, 0.4) is 0 Å². The molecule has 3 nitrogen and oxygen atoms in total. The molecule has 33 heavy (non-hydrogen) atoms. The Balaban J connectivity index is 1.61. The van der Waals surface area contributed by atoms with Gasteiger partial charge in [0.2, 0.25) is 0 Å². The van der Waals surface area contributed by atoms with Gasteiger partial charge in [0.05, 0.1) is 11.5 Å². The Morgan fingerprint density at radius 3 is 2.24 bits per heavy atom. The Hall–Kier alpha value is -0.830. The van der Waals surface area contributed by atoms with Crippen molar-refractivity contribution in [2.75, 3.05) is 0 Å². The van der Waals surface area contributed by atoms with Gasteiger partial charge in [0.1, 0.15) is 0 Å². The minimum atomic E-state index is -0.527. The summed E-state index contributed by atoms with van der Waals surface area (Å²) >= 11 is 0. The van der Waals surface area contributed by atoms with Crippen molar-refractivity contribution in [3.8, 4) is 0 Å². The van der Waals surface area contributed by atoms with E-state index >= 15 is 0 Å². The number of fused-ring (bicyclic) bond motifs is 7. The van der Waals surface area contributed by atoms with Crippen molar-refractivity contribution in [2.24, 2.45) is 56.7 Å². The third-order valence-electron chi connectivity index (χ3n) is 13.4. The first kappa shape index (κ1) is 23.9. The van der Waals surface area contributed by atoms with E-state index < -0.39 is 11.4 Å². The predicted molar refractivity (Wildman–Crippen MR) is 133 cm³/mol. The van der Waals surface area contributed by atoms with E-state index in [4.69, 9.17) is 0 Å². The van der Waals surface area contributed by atoms with Crippen LogP contribution in [-0.2, 0) is 4.79 Å². The summed E-state index contributed by atoms with van der Waals surface area (Å²) in [6.45, 7) is 16.9. The molecule has 0 spiro atoms. The average Bonchev–Trinajstić information content (AvgIpc) is 2.74. The van der Waals surface area contributed by atoms with Gasteiger partial charge in [-0.05, 0) is 104 Å². The van der Waals surface area contributed by atoms with E-state index in [0.29, 0.717) is 23.7 Å². The van der Waals surface area contributed by atoms with E-state index in [1.807, 2.05) is 0 Å². The first-order valence-corrected chi connectivity index (χ1v) is 13.9. The minimum absolute atomic E-state index is 0.0664. The van der Waals surface area contributed by atoms with Gasteiger partial charge in [0.15, 0.2) is 0 Å². The van der Waals surface area contributed by atoms with Gasteiger partial charge in [-0.2, -0.15) is 0 Å². The van der Waals surface area contributed by atoms with Gasteiger partial charge in [-0.15, -0.1) is 0 Å². The second-order valence-corrected chi connectivity index (χ2v) is 14.5. The molecule has 5 aliphatic rings. The normalized spacial score (nSPS) is 55.3. The Kier molecular flexibility index (Phi) is 5.15. The Bertz CT molecular complexity index is 874. The molecular weight excluding hydrogens is 408 g/mol.